The van der Waals surface area contributed by atoms with E-state index in [1.165, 1.54) is 7.11 Å². The summed E-state index contributed by atoms with van der Waals surface area (Å²) < 4.78 is 10.1. The molecule has 1 aliphatic rings. The molecule has 1 rings (SSSR count). The van der Waals surface area contributed by atoms with Crippen LogP contribution in [0.15, 0.2) is 0 Å². The van der Waals surface area contributed by atoms with Gasteiger partial charge in [-0.1, -0.05) is 0 Å². The number of amides is 1. The molecule has 6 heteroatoms. The number of carbonyl (C=O) groups is 2. The van der Waals surface area contributed by atoms with E-state index in [0.29, 0.717) is 19.4 Å². The second-order valence-corrected chi connectivity index (χ2v) is 6.73. The second kappa shape index (κ2) is 7.11. The maximum absolute atomic E-state index is 12.0. The molecular formula is C15H28N2O4. The Morgan fingerprint density at radius 1 is 1.24 bits per heavy atom. The highest BCUT2D eigenvalue weighted by Crippen LogP contribution is 2.32. The van der Waals surface area contributed by atoms with Crippen LogP contribution in [0.3, 0.4) is 0 Å². The Morgan fingerprint density at radius 3 is 2.24 bits per heavy atom. The zero-order valence-corrected chi connectivity index (χ0v) is 13.7. The molecule has 21 heavy (non-hydrogen) atoms. The van der Waals surface area contributed by atoms with E-state index in [9.17, 15) is 9.59 Å². The summed E-state index contributed by atoms with van der Waals surface area (Å²) >= 11 is 0. The number of ether oxygens (including phenoxy) is 2. The van der Waals surface area contributed by atoms with Crippen molar-refractivity contribution in [1.82, 2.24) is 10.6 Å². The summed E-state index contributed by atoms with van der Waals surface area (Å²) in [5.74, 6) is -0.231. The van der Waals surface area contributed by atoms with Crippen LogP contribution >= 0.6 is 0 Å². The van der Waals surface area contributed by atoms with Crippen molar-refractivity contribution in [2.75, 3.05) is 20.7 Å². The molecule has 0 heterocycles. The summed E-state index contributed by atoms with van der Waals surface area (Å²) in [4.78, 5) is 23.6. The molecule has 0 aliphatic heterocycles. The van der Waals surface area contributed by atoms with Gasteiger partial charge in [0.05, 0.1) is 18.6 Å². The molecule has 0 unspecified atom stereocenters. The monoisotopic (exact) mass is 300 g/mol. The van der Waals surface area contributed by atoms with Gasteiger partial charge >= 0.3 is 12.1 Å². The van der Waals surface area contributed by atoms with Gasteiger partial charge in [0.25, 0.3) is 0 Å². The van der Waals surface area contributed by atoms with Gasteiger partial charge in [-0.2, -0.15) is 0 Å². The smallest absolute Gasteiger partial charge is 0.408 e. The summed E-state index contributed by atoms with van der Waals surface area (Å²) in [5, 5.41) is 6.11. The van der Waals surface area contributed by atoms with E-state index in [0.717, 1.165) is 12.8 Å². The fourth-order valence-electron chi connectivity index (χ4n) is 2.78. The summed E-state index contributed by atoms with van der Waals surface area (Å²) in [6.07, 6.45) is 2.47. The predicted molar refractivity (Wildman–Crippen MR) is 80.0 cm³/mol. The number of nitrogens with one attached hydrogen (secondary N) is 2. The number of likely N-dealkylation sites (N-methyl/N-ethyl adjacent to an activating group) is 1. The first-order chi connectivity index (χ1) is 9.71. The van der Waals surface area contributed by atoms with Gasteiger partial charge in [-0.3, -0.25) is 4.79 Å². The van der Waals surface area contributed by atoms with Crippen LogP contribution in [-0.2, 0) is 14.3 Å². The van der Waals surface area contributed by atoms with Gasteiger partial charge in [0.1, 0.15) is 5.60 Å². The lowest BCUT2D eigenvalue weighted by Gasteiger charge is -2.40. The van der Waals surface area contributed by atoms with Gasteiger partial charge < -0.3 is 20.1 Å². The van der Waals surface area contributed by atoms with E-state index in [2.05, 4.69) is 10.6 Å². The zero-order chi connectivity index (χ0) is 16.1. The number of alkyl carbamates (subject to hydrolysis) is 1. The Hall–Kier alpha value is -1.30. The predicted octanol–water partition coefficient (Wildman–Crippen LogP) is 1.83. The first kappa shape index (κ1) is 17.8. The number of rotatable bonds is 4. The quantitative estimate of drug-likeness (QED) is 0.775. The van der Waals surface area contributed by atoms with Gasteiger partial charge in [0, 0.05) is 6.54 Å². The Morgan fingerprint density at radius 2 is 1.81 bits per heavy atom. The third-order valence-corrected chi connectivity index (χ3v) is 3.76. The first-order valence-corrected chi connectivity index (χ1v) is 7.45. The van der Waals surface area contributed by atoms with Crippen molar-refractivity contribution < 1.29 is 19.1 Å². The fraction of sp³-hybridized carbons (Fsp3) is 0.867. The zero-order valence-electron chi connectivity index (χ0n) is 13.7. The fourth-order valence-corrected chi connectivity index (χ4v) is 2.78. The summed E-state index contributed by atoms with van der Waals surface area (Å²) in [5.41, 5.74) is -0.879. The van der Waals surface area contributed by atoms with Crippen LogP contribution in [0.4, 0.5) is 4.79 Å². The minimum atomic E-state index is -0.520. The van der Waals surface area contributed by atoms with Gasteiger partial charge in [0.2, 0.25) is 0 Å². The first-order valence-electron chi connectivity index (χ1n) is 7.45. The molecule has 0 bridgehead atoms. The third-order valence-electron chi connectivity index (χ3n) is 3.76. The summed E-state index contributed by atoms with van der Waals surface area (Å²) in [7, 11) is 3.27. The number of esters is 1. The maximum atomic E-state index is 12.0. The Bertz CT molecular complexity index is 368. The summed E-state index contributed by atoms with van der Waals surface area (Å²) in [6.45, 7) is 6.17. The molecule has 0 spiro atoms. The lowest BCUT2D eigenvalue weighted by molar-refractivity contribution is -0.147. The second-order valence-electron chi connectivity index (χ2n) is 6.73. The van der Waals surface area contributed by atoms with Crippen molar-refractivity contribution in [2.24, 2.45) is 5.92 Å². The minimum absolute atomic E-state index is 0.0691. The van der Waals surface area contributed by atoms with Crippen molar-refractivity contribution in [2.45, 2.75) is 57.6 Å². The molecule has 1 amide bonds. The number of hydrogen-bond acceptors (Lipinski definition) is 5. The van der Waals surface area contributed by atoms with Crippen LogP contribution in [0.25, 0.3) is 0 Å². The van der Waals surface area contributed by atoms with Crippen molar-refractivity contribution in [3.63, 3.8) is 0 Å². The van der Waals surface area contributed by atoms with E-state index < -0.39 is 11.7 Å². The molecule has 0 aromatic rings. The molecular weight excluding hydrogens is 272 g/mol. The molecule has 0 aromatic heterocycles. The average molecular weight is 300 g/mol. The van der Waals surface area contributed by atoms with Gasteiger partial charge in [-0.25, -0.2) is 4.79 Å². The topological polar surface area (TPSA) is 76.7 Å². The molecule has 6 nitrogen and oxygen atoms in total. The standard InChI is InChI=1S/C15H28N2O4/c1-14(2,3)21-13(19)17-15(10-16-4)8-6-11(7-9-15)12(18)20-5/h11,16H,6-10H2,1-5H3,(H,17,19). The molecule has 1 fully saturated rings. The van der Waals surface area contributed by atoms with Crippen LogP contribution in [0.2, 0.25) is 0 Å². The van der Waals surface area contributed by atoms with Crippen LogP contribution < -0.4 is 10.6 Å². The normalized spacial score (nSPS) is 26.0. The summed E-state index contributed by atoms with van der Waals surface area (Å²) in [6, 6.07) is 0. The number of hydrogen-bond donors (Lipinski definition) is 2. The SMILES string of the molecule is CNCC1(NC(=O)OC(C)(C)C)CCC(C(=O)OC)CC1. The maximum Gasteiger partial charge on any atom is 0.408 e. The Balaban J connectivity index is 2.65. The largest absolute Gasteiger partial charge is 0.469 e. The van der Waals surface area contributed by atoms with Gasteiger partial charge in [0.15, 0.2) is 0 Å². The highest BCUT2D eigenvalue weighted by Gasteiger charge is 2.39. The van der Waals surface area contributed by atoms with E-state index in [-0.39, 0.29) is 17.4 Å². The Labute approximate surface area is 126 Å². The Kier molecular flexibility index (Phi) is 6.01. The van der Waals surface area contributed by atoms with Gasteiger partial charge in [-0.05, 0) is 53.5 Å². The lowest BCUT2D eigenvalue weighted by Crippen LogP contribution is -2.57. The minimum Gasteiger partial charge on any atom is -0.469 e. The van der Waals surface area contributed by atoms with E-state index in [4.69, 9.17) is 9.47 Å². The van der Waals surface area contributed by atoms with Crippen LogP contribution in [0.1, 0.15) is 46.5 Å². The van der Waals surface area contributed by atoms with E-state index in [1.807, 2.05) is 27.8 Å². The van der Waals surface area contributed by atoms with Crippen molar-refractivity contribution in [1.29, 1.82) is 0 Å². The number of carbonyl (C=O) groups excluding carboxylic acids is 2. The molecule has 1 aliphatic carbocycles. The van der Waals surface area contributed by atoms with E-state index >= 15 is 0 Å². The molecule has 2 N–H and O–H groups in total. The van der Waals surface area contributed by atoms with Crippen LogP contribution in [0.5, 0.6) is 0 Å². The molecule has 0 radical (unpaired) electrons. The average Bonchev–Trinajstić information content (AvgIpc) is 2.36. The van der Waals surface area contributed by atoms with E-state index in [1.54, 1.807) is 0 Å². The van der Waals surface area contributed by atoms with Crippen LogP contribution in [0, 0.1) is 5.92 Å². The molecule has 0 saturated heterocycles. The molecule has 0 atom stereocenters. The highest BCUT2D eigenvalue weighted by atomic mass is 16.6. The molecule has 122 valence electrons. The molecule has 1 saturated carbocycles. The van der Waals surface area contributed by atoms with Crippen molar-refractivity contribution >= 4 is 12.1 Å². The third kappa shape index (κ3) is 5.53. The molecule has 0 aromatic carbocycles. The van der Waals surface area contributed by atoms with Crippen LogP contribution in [-0.4, -0.2) is 43.9 Å². The van der Waals surface area contributed by atoms with Crippen molar-refractivity contribution in [3.05, 3.63) is 0 Å². The number of methoxy groups -OCH3 is 1. The van der Waals surface area contributed by atoms with Crippen molar-refractivity contribution in [3.8, 4) is 0 Å². The highest BCUT2D eigenvalue weighted by molar-refractivity contribution is 5.72. The van der Waals surface area contributed by atoms with Gasteiger partial charge in [-0.15, -0.1) is 0 Å². The lowest BCUT2D eigenvalue weighted by atomic mass is 9.76.